The maximum atomic E-state index is 5.50. The van der Waals surface area contributed by atoms with Crippen LogP contribution in [-0.4, -0.2) is 16.7 Å². The van der Waals surface area contributed by atoms with Crippen molar-refractivity contribution < 1.29 is 4.52 Å². The van der Waals surface area contributed by atoms with E-state index in [1.54, 1.807) is 0 Å². The SMILES string of the molecule is CC1CCCNC1c1nc(C2CCCCC2)no1. The maximum Gasteiger partial charge on any atom is 0.244 e. The molecule has 1 aromatic heterocycles. The first-order valence-electron chi connectivity index (χ1n) is 7.41. The minimum atomic E-state index is 0.267. The second-order valence-electron chi connectivity index (χ2n) is 5.88. The second-order valence-corrected chi connectivity index (χ2v) is 5.88. The highest BCUT2D eigenvalue weighted by Crippen LogP contribution is 2.33. The lowest BCUT2D eigenvalue weighted by Gasteiger charge is -2.26. The van der Waals surface area contributed by atoms with Crippen LogP contribution in [0.15, 0.2) is 4.52 Å². The highest BCUT2D eigenvalue weighted by atomic mass is 16.5. The van der Waals surface area contributed by atoms with Crippen LogP contribution in [0.1, 0.15) is 75.5 Å². The average Bonchev–Trinajstić information content (AvgIpc) is 2.90. The Morgan fingerprint density at radius 3 is 2.72 bits per heavy atom. The van der Waals surface area contributed by atoms with E-state index in [9.17, 15) is 0 Å². The zero-order valence-corrected chi connectivity index (χ0v) is 11.2. The largest absolute Gasteiger partial charge is 0.338 e. The predicted molar refractivity (Wildman–Crippen MR) is 69.3 cm³/mol. The van der Waals surface area contributed by atoms with E-state index in [2.05, 4.69) is 22.4 Å². The van der Waals surface area contributed by atoms with Crippen LogP contribution >= 0.6 is 0 Å². The first-order valence-corrected chi connectivity index (χ1v) is 7.41. The number of hydrogen-bond donors (Lipinski definition) is 1. The summed E-state index contributed by atoms with van der Waals surface area (Å²) in [4.78, 5) is 4.67. The topological polar surface area (TPSA) is 51.0 Å². The summed E-state index contributed by atoms with van der Waals surface area (Å²) in [5.74, 6) is 2.89. The molecule has 0 radical (unpaired) electrons. The van der Waals surface area contributed by atoms with Gasteiger partial charge in [0.15, 0.2) is 5.82 Å². The van der Waals surface area contributed by atoms with Crippen LogP contribution in [0.2, 0.25) is 0 Å². The molecule has 1 saturated carbocycles. The zero-order chi connectivity index (χ0) is 12.4. The third-order valence-electron chi connectivity index (χ3n) is 4.46. The average molecular weight is 249 g/mol. The molecule has 18 heavy (non-hydrogen) atoms. The highest BCUT2D eigenvalue weighted by molar-refractivity contribution is 5.01. The summed E-state index contributed by atoms with van der Waals surface area (Å²) in [7, 11) is 0. The van der Waals surface area contributed by atoms with Crippen molar-refractivity contribution in [2.45, 2.75) is 63.8 Å². The Hall–Kier alpha value is -0.900. The lowest BCUT2D eigenvalue weighted by atomic mass is 9.89. The molecule has 2 aliphatic rings. The van der Waals surface area contributed by atoms with E-state index in [0.29, 0.717) is 11.8 Å². The Bertz CT molecular complexity index is 384. The van der Waals surface area contributed by atoms with Gasteiger partial charge in [-0.3, -0.25) is 0 Å². The summed E-state index contributed by atoms with van der Waals surface area (Å²) in [5, 5.41) is 7.73. The number of hydrogen-bond acceptors (Lipinski definition) is 4. The van der Waals surface area contributed by atoms with Gasteiger partial charge in [0.1, 0.15) is 0 Å². The monoisotopic (exact) mass is 249 g/mol. The van der Waals surface area contributed by atoms with Crippen LogP contribution in [0, 0.1) is 5.92 Å². The van der Waals surface area contributed by atoms with Crippen LogP contribution < -0.4 is 5.32 Å². The van der Waals surface area contributed by atoms with Crippen LogP contribution in [0.4, 0.5) is 0 Å². The van der Waals surface area contributed by atoms with Crippen molar-refractivity contribution in [3.8, 4) is 0 Å². The van der Waals surface area contributed by atoms with Gasteiger partial charge in [-0.15, -0.1) is 0 Å². The fourth-order valence-corrected chi connectivity index (χ4v) is 3.28. The molecule has 1 aliphatic carbocycles. The van der Waals surface area contributed by atoms with Crippen molar-refractivity contribution in [2.75, 3.05) is 6.54 Å². The molecule has 2 heterocycles. The quantitative estimate of drug-likeness (QED) is 0.874. The van der Waals surface area contributed by atoms with Crippen LogP contribution in [0.3, 0.4) is 0 Å². The van der Waals surface area contributed by atoms with Gasteiger partial charge in [0.05, 0.1) is 6.04 Å². The molecule has 1 N–H and O–H groups in total. The van der Waals surface area contributed by atoms with Gasteiger partial charge >= 0.3 is 0 Å². The third-order valence-corrected chi connectivity index (χ3v) is 4.46. The van der Waals surface area contributed by atoms with Gasteiger partial charge < -0.3 is 9.84 Å². The first-order chi connectivity index (χ1) is 8.84. The number of nitrogens with one attached hydrogen (secondary N) is 1. The van der Waals surface area contributed by atoms with Crippen LogP contribution in [0.25, 0.3) is 0 Å². The molecule has 2 fully saturated rings. The highest BCUT2D eigenvalue weighted by Gasteiger charge is 2.29. The van der Waals surface area contributed by atoms with Gasteiger partial charge in [-0.2, -0.15) is 4.98 Å². The fraction of sp³-hybridized carbons (Fsp3) is 0.857. The van der Waals surface area contributed by atoms with Crippen LogP contribution in [0.5, 0.6) is 0 Å². The minimum absolute atomic E-state index is 0.267. The van der Waals surface area contributed by atoms with Gasteiger partial charge in [0.25, 0.3) is 0 Å². The summed E-state index contributed by atoms with van der Waals surface area (Å²) in [5.41, 5.74) is 0. The molecule has 0 aromatic carbocycles. The van der Waals surface area contributed by atoms with Gasteiger partial charge in [0.2, 0.25) is 5.89 Å². The van der Waals surface area contributed by atoms with Crippen molar-refractivity contribution >= 4 is 0 Å². The zero-order valence-electron chi connectivity index (χ0n) is 11.2. The molecule has 4 nitrogen and oxygen atoms in total. The lowest BCUT2D eigenvalue weighted by molar-refractivity contribution is 0.238. The summed E-state index contributed by atoms with van der Waals surface area (Å²) < 4.78 is 5.50. The Labute approximate surface area is 109 Å². The Kier molecular flexibility index (Phi) is 3.64. The smallest absolute Gasteiger partial charge is 0.244 e. The van der Waals surface area contributed by atoms with Crippen molar-refractivity contribution in [1.82, 2.24) is 15.5 Å². The molecule has 4 heteroatoms. The van der Waals surface area contributed by atoms with E-state index < -0.39 is 0 Å². The minimum Gasteiger partial charge on any atom is -0.338 e. The van der Waals surface area contributed by atoms with E-state index >= 15 is 0 Å². The van der Waals surface area contributed by atoms with Crippen molar-refractivity contribution in [3.05, 3.63) is 11.7 Å². The molecular formula is C14H23N3O. The fourth-order valence-electron chi connectivity index (χ4n) is 3.28. The van der Waals surface area contributed by atoms with Gasteiger partial charge in [-0.05, 0) is 38.1 Å². The molecule has 100 valence electrons. The number of piperidine rings is 1. The summed E-state index contributed by atoms with van der Waals surface area (Å²) in [6.45, 7) is 3.33. The molecule has 1 saturated heterocycles. The normalized spacial score (nSPS) is 30.5. The number of aromatic nitrogens is 2. The van der Waals surface area contributed by atoms with Gasteiger partial charge in [-0.25, -0.2) is 0 Å². The lowest BCUT2D eigenvalue weighted by Crippen LogP contribution is -2.33. The third kappa shape index (κ3) is 2.44. The van der Waals surface area contributed by atoms with Crippen molar-refractivity contribution in [1.29, 1.82) is 0 Å². The molecule has 0 amide bonds. The summed E-state index contributed by atoms with van der Waals surface area (Å²) >= 11 is 0. The molecular weight excluding hydrogens is 226 g/mol. The van der Waals surface area contributed by atoms with Gasteiger partial charge in [0, 0.05) is 5.92 Å². The first kappa shape index (κ1) is 12.2. The van der Waals surface area contributed by atoms with E-state index in [4.69, 9.17) is 4.52 Å². The predicted octanol–water partition coefficient (Wildman–Crippen LogP) is 3.18. The molecule has 1 aliphatic heterocycles. The van der Waals surface area contributed by atoms with Crippen LogP contribution in [-0.2, 0) is 0 Å². The second kappa shape index (κ2) is 5.39. The summed E-state index contributed by atoms with van der Waals surface area (Å²) in [6.07, 6.45) is 8.95. The molecule has 2 atom stereocenters. The number of rotatable bonds is 2. The molecule has 2 unspecified atom stereocenters. The molecule has 0 spiro atoms. The summed E-state index contributed by atoms with van der Waals surface area (Å²) in [6, 6.07) is 0.267. The van der Waals surface area contributed by atoms with Gasteiger partial charge in [-0.1, -0.05) is 31.3 Å². The Balaban J connectivity index is 1.71. The standard InChI is InChI=1S/C14H23N3O/c1-10-6-5-9-15-12(10)14-16-13(17-18-14)11-7-3-2-4-8-11/h10-12,15H,2-9H2,1H3. The maximum absolute atomic E-state index is 5.50. The molecule has 1 aromatic rings. The van der Waals surface area contributed by atoms with Crippen molar-refractivity contribution in [3.63, 3.8) is 0 Å². The van der Waals surface area contributed by atoms with E-state index in [1.165, 1.54) is 44.9 Å². The van der Waals surface area contributed by atoms with E-state index in [0.717, 1.165) is 18.3 Å². The van der Waals surface area contributed by atoms with E-state index in [-0.39, 0.29) is 6.04 Å². The molecule has 3 rings (SSSR count). The Morgan fingerprint density at radius 1 is 1.11 bits per heavy atom. The molecule has 0 bridgehead atoms. The number of nitrogens with zero attached hydrogens (tertiary/aromatic N) is 2. The Morgan fingerprint density at radius 2 is 1.94 bits per heavy atom. The van der Waals surface area contributed by atoms with Crippen molar-refractivity contribution in [2.24, 2.45) is 5.92 Å². The van der Waals surface area contributed by atoms with E-state index in [1.807, 2.05) is 0 Å².